The summed E-state index contributed by atoms with van der Waals surface area (Å²) in [6.45, 7) is 6.70. The minimum atomic E-state index is -3.77. The molecule has 1 heterocycles. The Kier molecular flexibility index (Phi) is 7.84. The van der Waals surface area contributed by atoms with Gasteiger partial charge in [0.1, 0.15) is 0 Å². The molecule has 2 rings (SSSR count). The highest BCUT2D eigenvalue weighted by Crippen LogP contribution is 2.20. The van der Waals surface area contributed by atoms with Crippen LogP contribution in [-0.4, -0.2) is 70.4 Å². The van der Waals surface area contributed by atoms with Crippen LogP contribution >= 0.6 is 0 Å². The Hall–Kier alpha value is -2.17. The Morgan fingerprint density at radius 2 is 1.73 bits per heavy atom. The van der Waals surface area contributed by atoms with Gasteiger partial charge in [-0.15, -0.1) is 0 Å². The molecule has 0 bridgehead atoms. The number of rotatable bonds is 7. The molecule has 168 valence electrons. The summed E-state index contributed by atoms with van der Waals surface area (Å²) in [6.07, 6.45) is 1.22. The van der Waals surface area contributed by atoms with E-state index in [0.717, 1.165) is 6.54 Å². The summed E-state index contributed by atoms with van der Waals surface area (Å²) in [6, 6.07) is 5.41. The molecule has 0 radical (unpaired) electrons. The summed E-state index contributed by atoms with van der Waals surface area (Å²) in [5.74, 6) is -0.0567. The summed E-state index contributed by atoms with van der Waals surface area (Å²) in [5, 5.41) is 10.9. The lowest BCUT2D eigenvalue weighted by Crippen LogP contribution is -2.46. The predicted molar refractivity (Wildman–Crippen MR) is 116 cm³/mol. The van der Waals surface area contributed by atoms with Crippen LogP contribution in [0.2, 0.25) is 0 Å². The molecule has 1 aliphatic heterocycles. The van der Waals surface area contributed by atoms with E-state index < -0.39 is 10.0 Å². The number of likely N-dealkylation sites (tertiary alicyclic amines) is 1. The monoisotopic (exact) mass is 439 g/mol. The summed E-state index contributed by atoms with van der Waals surface area (Å²) < 4.78 is 22.6. The van der Waals surface area contributed by atoms with Crippen LogP contribution < -0.4 is 15.8 Å². The van der Waals surface area contributed by atoms with Crippen molar-refractivity contribution in [2.24, 2.45) is 16.5 Å². The third-order valence-electron chi connectivity index (χ3n) is 5.07. The summed E-state index contributed by atoms with van der Waals surface area (Å²) in [5.41, 5.74) is 0.466. The lowest BCUT2D eigenvalue weighted by atomic mass is 9.91. The number of hydrogen-bond acceptors (Lipinski definition) is 5. The number of nitrogens with one attached hydrogen (secondary N) is 2. The van der Waals surface area contributed by atoms with Crippen LogP contribution in [0.5, 0.6) is 0 Å². The Bertz CT molecular complexity index is 844. The van der Waals surface area contributed by atoms with Crippen molar-refractivity contribution >= 4 is 27.6 Å². The molecule has 0 aliphatic carbocycles. The molecular formula is C20H33N5O4S. The van der Waals surface area contributed by atoms with Crippen LogP contribution in [0.15, 0.2) is 29.2 Å². The van der Waals surface area contributed by atoms with E-state index in [9.17, 15) is 18.0 Å². The van der Waals surface area contributed by atoms with Gasteiger partial charge in [0.05, 0.1) is 4.90 Å². The Balaban J connectivity index is 1.80. The molecule has 1 aliphatic rings. The van der Waals surface area contributed by atoms with Gasteiger partial charge in [-0.1, -0.05) is 13.8 Å². The number of anilines is 1. The van der Waals surface area contributed by atoms with E-state index in [1.54, 1.807) is 4.90 Å². The topological polar surface area (TPSA) is 125 Å². The van der Waals surface area contributed by atoms with Crippen molar-refractivity contribution in [1.29, 1.82) is 0 Å². The second-order valence-corrected chi connectivity index (χ2v) is 10.4. The van der Waals surface area contributed by atoms with Crippen LogP contribution in [-0.2, 0) is 14.8 Å². The molecule has 30 heavy (non-hydrogen) atoms. The van der Waals surface area contributed by atoms with Crippen molar-refractivity contribution in [2.45, 2.75) is 31.6 Å². The molecular weight excluding hydrogens is 406 g/mol. The predicted octanol–water partition coefficient (Wildman–Crippen LogP) is 1.28. The number of hydrogen-bond donors (Lipinski definition) is 3. The zero-order valence-electron chi connectivity index (χ0n) is 18.1. The highest BCUT2D eigenvalue weighted by molar-refractivity contribution is 7.89. The molecule has 1 saturated heterocycles. The molecule has 3 amide bonds. The van der Waals surface area contributed by atoms with E-state index in [1.807, 2.05) is 14.1 Å². The van der Waals surface area contributed by atoms with Gasteiger partial charge in [0, 0.05) is 37.8 Å². The standard InChI is InChI=1S/C20H33N5O4S/c1-20(2,14-24(3)4)13-22-18(26)15-9-11-25(12-10-15)19(27)23-16-5-7-17(8-6-16)30(21,28)29/h5-8,15H,9-14H2,1-4H3,(H,22,26)(H,23,27)(H2,21,28,29). The minimum Gasteiger partial charge on any atom is -0.355 e. The van der Waals surface area contributed by atoms with E-state index in [0.29, 0.717) is 38.2 Å². The SMILES string of the molecule is CN(C)CC(C)(C)CNC(=O)C1CCN(C(=O)Nc2ccc(S(N)(=O)=O)cc2)CC1. The van der Waals surface area contributed by atoms with Gasteiger partial charge in [-0.25, -0.2) is 18.4 Å². The van der Waals surface area contributed by atoms with Gasteiger partial charge in [-0.05, 0) is 56.6 Å². The van der Waals surface area contributed by atoms with Gasteiger partial charge in [-0.2, -0.15) is 0 Å². The third kappa shape index (κ3) is 7.26. The molecule has 1 fully saturated rings. The Morgan fingerprint density at radius 1 is 1.17 bits per heavy atom. The lowest BCUT2D eigenvalue weighted by Gasteiger charge is -2.33. The fourth-order valence-corrected chi connectivity index (χ4v) is 4.17. The first-order chi connectivity index (χ1) is 13.9. The first kappa shape index (κ1) is 24.1. The number of benzene rings is 1. The smallest absolute Gasteiger partial charge is 0.321 e. The van der Waals surface area contributed by atoms with Crippen LogP contribution in [0.4, 0.5) is 10.5 Å². The van der Waals surface area contributed by atoms with Gasteiger partial charge in [-0.3, -0.25) is 4.79 Å². The number of sulfonamides is 1. The van der Waals surface area contributed by atoms with Crippen LogP contribution in [0.3, 0.4) is 0 Å². The average molecular weight is 440 g/mol. The maximum atomic E-state index is 12.5. The van der Waals surface area contributed by atoms with Gasteiger partial charge in [0.15, 0.2) is 0 Å². The van der Waals surface area contributed by atoms with Gasteiger partial charge in [0.25, 0.3) is 0 Å². The highest BCUT2D eigenvalue weighted by Gasteiger charge is 2.28. The van der Waals surface area contributed by atoms with Crippen LogP contribution in [0, 0.1) is 11.3 Å². The number of carbonyl (C=O) groups excluding carboxylic acids is 2. The molecule has 0 spiro atoms. The third-order valence-corrected chi connectivity index (χ3v) is 6.00. The van der Waals surface area contributed by atoms with E-state index in [4.69, 9.17) is 5.14 Å². The molecule has 4 N–H and O–H groups in total. The first-order valence-corrected chi connectivity index (χ1v) is 11.5. The summed E-state index contributed by atoms with van der Waals surface area (Å²) >= 11 is 0. The zero-order valence-corrected chi connectivity index (χ0v) is 19.0. The van der Waals surface area contributed by atoms with Crippen LogP contribution in [0.1, 0.15) is 26.7 Å². The van der Waals surface area contributed by atoms with Gasteiger partial charge < -0.3 is 20.4 Å². The van der Waals surface area contributed by atoms with E-state index in [-0.39, 0.29) is 28.2 Å². The molecule has 10 heteroatoms. The minimum absolute atomic E-state index is 0.0129. The maximum absolute atomic E-state index is 12.5. The lowest BCUT2D eigenvalue weighted by molar-refractivity contribution is -0.126. The van der Waals surface area contributed by atoms with E-state index in [1.165, 1.54) is 24.3 Å². The second-order valence-electron chi connectivity index (χ2n) is 8.88. The quantitative estimate of drug-likeness (QED) is 0.590. The zero-order chi connectivity index (χ0) is 22.5. The molecule has 1 aromatic carbocycles. The average Bonchev–Trinajstić information content (AvgIpc) is 2.65. The molecule has 0 atom stereocenters. The number of urea groups is 1. The number of carbonyl (C=O) groups is 2. The Morgan fingerprint density at radius 3 is 2.23 bits per heavy atom. The highest BCUT2D eigenvalue weighted by atomic mass is 32.2. The second kappa shape index (κ2) is 9.76. The van der Waals surface area contributed by atoms with E-state index >= 15 is 0 Å². The number of piperidine rings is 1. The fourth-order valence-electron chi connectivity index (χ4n) is 3.66. The molecule has 0 saturated carbocycles. The van der Waals surface area contributed by atoms with Crippen LogP contribution in [0.25, 0.3) is 0 Å². The molecule has 0 unspecified atom stereocenters. The van der Waals surface area contributed by atoms with Gasteiger partial charge >= 0.3 is 6.03 Å². The van der Waals surface area contributed by atoms with Crippen molar-refractivity contribution in [3.05, 3.63) is 24.3 Å². The van der Waals surface area contributed by atoms with Crippen molar-refractivity contribution in [2.75, 3.05) is 45.6 Å². The molecule has 1 aromatic rings. The number of amides is 3. The van der Waals surface area contributed by atoms with Crippen molar-refractivity contribution < 1.29 is 18.0 Å². The molecule has 9 nitrogen and oxygen atoms in total. The largest absolute Gasteiger partial charge is 0.355 e. The number of nitrogens with zero attached hydrogens (tertiary/aromatic N) is 2. The summed E-state index contributed by atoms with van der Waals surface area (Å²) in [7, 11) is 0.259. The number of nitrogens with two attached hydrogens (primary N) is 1. The van der Waals surface area contributed by atoms with Gasteiger partial charge in [0.2, 0.25) is 15.9 Å². The summed E-state index contributed by atoms with van der Waals surface area (Å²) in [4.78, 5) is 28.7. The maximum Gasteiger partial charge on any atom is 0.321 e. The Labute approximate surface area is 179 Å². The normalized spacial score (nSPS) is 15.9. The number of primary sulfonamides is 1. The fraction of sp³-hybridized carbons (Fsp3) is 0.600. The van der Waals surface area contributed by atoms with Crippen molar-refractivity contribution in [3.8, 4) is 0 Å². The van der Waals surface area contributed by atoms with Crippen molar-refractivity contribution in [1.82, 2.24) is 15.1 Å². The van der Waals surface area contributed by atoms with E-state index in [2.05, 4.69) is 29.4 Å². The molecule has 0 aromatic heterocycles. The van der Waals surface area contributed by atoms with Crippen molar-refractivity contribution in [3.63, 3.8) is 0 Å². The first-order valence-electron chi connectivity index (χ1n) is 9.99.